The van der Waals surface area contributed by atoms with Crippen LogP contribution in [-0.2, 0) is 4.79 Å². The quantitative estimate of drug-likeness (QED) is 0.584. The fourth-order valence-electron chi connectivity index (χ4n) is 8.57. The number of halogens is 2. The standard InChI is InChI=1S/C28H36F2N2O2/c1-26(34)11-12-28(30)18(14-26)3-5-20-21-6-7-23(27(21,2)10-9-22(20)28)25(33)16-32-24-8-4-19(29)13-17(24)15-31/h4,8,13,18,20-23,32,34H,3,5-7,9-12,14,16H2,1-2H3/t18-,20+,21+,22+,23-,26-,27+,28-/m1/s1. The van der Waals surface area contributed by atoms with E-state index in [1.165, 1.54) is 18.2 Å². The Labute approximate surface area is 201 Å². The molecule has 0 radical (unpaired) electrons. The second-order valence-corrected chi connectivity index (χ2v) is 12.1. The summed E-state index contributed by atoms with van der Waals surface area (Å²) >= 11 is 0. The summed E-state index contributed by atoms with van der Waals surface area (Å²) in [5.41, 5.74) is -1.37. The third kappa shape index (κ3) is 3.75. The van der Waals surface area contributed by atoms with E-state index in [4.69, 9.17) is 0 Å². The van der Waals surface area contributed by atoms with Gasteiger partial charge in [-0.1, -0.05) is 6.92 Å². The van der Waals surface area contributed by atoms with Crippen molar-refractivity contribution in [3.63, 3.8) is 0 Å². The predicted octanol–water partition coefficient (Wildman–Crippen LogP) is 5.79. The lowest BCUT2D eigenvalue weighted by Gasteiger charge is -2.59. The van der Waals surface area contributed by atoms with E-state index < -0.39 is 17.1 Å². The van der Waals surface area contributed by atoms with Gasteiger partial charge in [-0.05, 0) is 112 Å². The molecule has 0 unspecified atom stereocenters. The van der Waals surface area contributed by atoms with Gasteiger partial charge in [0.1, 0.15) is 17.6 Å². The zero-order valence-electron chi connectivity index (χ0n) is 20.2. The Bertz CT molecular complexity index is 1020. The first-order valence-corrected chi connectivity index (χ1v) is 12.9. The molecule has 184 valence electrons. The maximum absolute atomic E-state index is 16.5. The summed E-state index contributed by atoms with van der Waals surface area (Å²) in [6.07, 6.45) is 6.87. The molecule has 2 N–H and O–H groups in total. The van der Waals surface area contributed by atoms with E-state index in [1.807, 2.05) is 13.0 Å². The largest absolute Gasteiger partial charge is 0.390 e. The molecule has 0 aliphatic heterocycles. The number of alkyl halides is 1. The molecule has 0 aromatic heterocycles. The number of nitrogens with zero attached hydrogens (tertiary/aromatic N) is 1. The van der Waals surface area contributed by atoms with Crippen LogP contribution < -0.4 is 5.32 Å². The van der Waals surface area contributed by atoms with E-state index >= 15 is 4.39 Å². The molecule has 0 saturated heterocycles. The SMILES string of the molecule is C[C@@]1(O)CC[C@@]2(F)[C@H](CC[C@H]3[C@@H]4CC[C@H](C(=O)CNc5ccc(F)cc5C#N)[C@@]4(C)CC[C@@H]32)C1. The molecule has 4 aliphatic carbocycles. The number of hydrogen-bond donors (Lipinski definition) is 2. The Morgan fingerprint density at radius 1 is 1.15 bits per heavy atom. The van der Waals surface area contributed by atoms with Crippen LogP contribution in [0.15, 0.2) is 18.2 Å². The number of aliphatic hydroxyl groups is 1. The average molecular weight is 471 g/mol. The van der Waals surface area contributed by atoms with Crippen molar-refractivity contribution in [1.82, 2.24) is 0 Å². The van der Waals surface area contributed by atoms with Crippen LogP contribution in [0.4, 0.5) is 14.5 Å². The molecule has 4 saturated carbocycles. The highest BCUT2D eigenvalue weighted by Crippen LogP contribution is 2.66. The smallest absolute Gasteiger partial charge is 0.155 e. The number of nitrogens with one attached hydrogen (secondary N) is 1. The number of carbonyl (C=O) groups excluding carboxylic acids is 1. The molecular weight excluding hydrogens is 434 g/mol. The number of Topliss-reactive ketones (excluding diaryl/α,β-unsaturated/α-hetero) is 1. The Hall–Kier alpha value is -2.00. The lowest BCUT2D eigenvalue weighted by Crippen LogP contribution is -2.58. The van der Waals surface area contributed by atoms with Gasteiger partial charge in [0.15, 0.2) is 5.78 Å². The van der Waals surface area contributed by atoms with Crippen molar-refractivity contribution in [1.29, 1.82) is 5.26 Å². The number of benzene rings is 1. The Kier molecular flexibility index (Phi) is 5.79. The molecular formula is C28H36F2N2O2. The molecule has 5 rings (SSSR count). The van der Waals surface area contributed by atoms with Gasteiger partial charge in [-0.25, -0.2) is 8.78 Å². The summed E-state index contributed by atoms with van der Waals surface area (Å²) in [6, 6.07) is 5.95. The monoisotopic (exact) mass is 470 g/mol. The first-order valence-electron chi connectivity index (χ1n) is 12.9. The van der Waals surface area contributed by atoms with Gasteiger partial charge in [-0.2, -0.15) is 5.26 Å². The van der Waals surface area contributed by atoms with Gasteiger partial charge in [0.2, 0.25) is 0 Å². The minimum atomic E-state index is -1.17. The Morgan fingerprint density at radius 2 is 1.94 bits per heavy atom. The van der Waals surface area contributed by atoms with Crippen LogP contribution in [0.1, 0.15) is 77.2 Å². The van der Waals surface area contributed by atoms with Gasteiger partial charge >= 0.3 is 0 Å². The average Bonchev–Trinajstić information content (AvgIpc) is 3.15. The summed E-state index contributed by atoms with van der Waals surface area (Å²) in [5, 5.41) is 22.9. The van der Waals surface area contributed by atoms with Crippen LogP contribution in [0, 0.1) is 52.2 Å². The van der Waals surface area contributed by atoms with Gasteiger partial charge < -0.3 is 10.4 Å². The van der Waals surface area contributed by atoms with Crippen molar-refractivity contribution in [2.75, 3.05) is 11.9 Å². The summed E-state index contributed by atoms with van der Waals surface area (Å²) in [6.45, 7) is 4.21. The molecule has 6 heteroatoms. The van der Waals surface area contributed by atoms with E-state index in [0.717, 1.165) is 38.5 Å². The van der Waals surface area contributed by atoms with Gasteiger partial charge in [-0.15, -0.1) is 0 Å². The molecule has 4 fully saturated rings. The lowest BCUT2D eigenvalue weighted by atomic mass is 9.48. The molecule has 1 aromatic carbocycles. The molecule has 1 aromatic rings. The summed E-state index contributed by atoms with van der Waals surface area (Å²) in [5.74, 6) is 0.261. The lowest BCUT2D eigenvalue weighted by molar-refractivity contribution is -0.165. The third-order valence-electron chi connectivity index (χ3n) is 10.3. The molecule has 0 spiro atoms. The molecule has 0 heterocycles. The molecule has 4 nitrogen and oxygen atoms in total. The van der Waals surface area contributed by atoms with Crippen LogP contribution in [0.5, 0.6) is 0 Å². The summed E-state index contributed by atoms with van der Waals surface area (Å²) in [7, 11) is 0. The Balaban J connectivity index is 1.29. The zero-order chi connectivity index (χ0) is 24.3. The van der Waals surface area contributed by atoms with Crippen molar-refractivity contribution in [3.05, 3.63) is 29.6 Å². The molecule has 34 heavy (non-hydrogen) atoms. The number of anilines is 1. The molecule has 0 amide bonds. The molecule has 0 bridgehead atoms. The van der Waals surface area contributed by atoms with E-state index in [2.05, 4.69) is 12.2 Å². The van der Waals surface area contributed by atoms with E-state index in [9.17, 15) is 19.6 Å². The van der Waals surface area contributed by atoms with Gasteiger partial charge in [0.25, 0.3) is 0 Å². The normalized spacial score (nSPS) is 43.2. The number of rotatable bonds is 4. The first-order chi connectivity index (χ1) is 16.1. The van der Waals surface area contributed by atoms with Crippen molar-refractivity contribution in [2.45, 2.75) is 82.9 Å². The fraction of sp³-hybridized carbons (Fsp3) is 0.714. The maximum atomic E-state index is 16.5. The fourth-order valence-corrected chi connectivity index (χ4v) is 8.57. The molecule has 8 atom stereocenters. The van der Waals surface area contributed by atoms with E-state index in [0.29, 0.717) is 36.8 Å². The van der Waals surface area contributed by atoms with Crippen LogP contribution in [-0.4, -0.2) is 28.7 Å². The zero-order valence-corrected chi connectivity index (χ0v) is 20.2. The highest BCUT2D eigenvalue weighted by molar-refractivity contribution is 5.86. The van der Waals surface area contributed by atoms with Gasteiger partial charge in [0.05, 0.1) is 23.4 Å². The predicted molar refractivity (Wildman–Crippen MR) is 126 cm³/mol. The topological polar surface area (TPSA) is 73.1 Å². The second kappa shape index (κ2) is 8.29. The first kappa shape index (κ1) is 23.7. The van der Waals surface area contributed by atoms with E-state index in [1.54, 1.807) is 0 Å². The molecule has 4 aliphatic rings. The van der Waals surface area contributed by atoms with Gasteiger partial charge in [0, 0.05) is 5.92 Å². The van der Waals surface area contributed by atoms with E-state index in [-0.39, 0.29) is 41.1 Å². The number of ketones is 1. The van der Waals surface area contributed by atoms with Gasteiger partial charge in [-0.3, -0.25) is 4.79 Å². The van der Waals surface area contributed by atoms with Crippen molar-refractivity contribution in [2.24, 2.45) is 35.0 Å². The number of carbonyl (C=O) groups is 1. The Morgan fingerprint density at radius 3 is 2.71 bits per heavy atom. The van der Waals surface area contributed by atoms with Crippen molar-refractivity contribution in [3.8, 4) is 6.07 Å². The number of nitriles is 1. The minimum Gasteiger partial charge on any atom is -0.390 e. The van der Waals surface area contributed by atoms with Crippen LogP contribution in [0.2, 0.25) is 0 Å². The number of fused-ring (bicyclic) bond motifs is 5. The number of hydrogen-bond acceptors (Lipinski definition) is 4. The van der Waals surface area contributed by atoms with Crippen LogP contribution in [0.25, 0.3) is 0 Å². The highest BCUT2D eigenvalue weighted by atomic mass is 19.1. The van der Waals surface area contributed by atoms with Crippen molar-refractivity contribution < 1.29 is 18.7 Å². The van der Waals surface area contributed by atoms with Crippen molar-refractivity contribution >= 4 is 11.5 Å². The van der Waals surface area contributed by atoms with Crippen LogP contribution in [0.3, 0.4) is 0 Å². The summed E-state index contributed by atoms with van der Waals surface area (Å²) in [4.78, 5) is 13.3. The second-order valence-electron chi connectivity index (χ2n) is 12.1. The maximum Gasteiger partial charge on any atom is 0.155 e. The summed E-state index contributed by atoms with van der Waals surface area (Å²) < 4.78 is 29.9. The third-order valence-corrected chi connectivity index (χ3v) is 10.3. The highest BCUT2D eigenvalue weighted by Gasteiger charge is 2.63. The minimum absolute atomic E-state index is 0.0461. The van der Waals surface area contributed by atoms with Crippen LogP contribution >= 0.6 is 0 Å².